The molecule has 112 valence electrons. The van der Waals surface area contributed by atoms with Gasteiger partial charge in [0.05, 0.1) is 24.2 Å². The normalized spacial score (nSPS) is 13.7. The van der Waals surface area contributed by atoms with Crippen molar-refractivity contribution in [1.29, 1.82) is 0 Å². The van der Waals surface area contributed by atoms with Crippen LogP contribution in [-0.2, 0) is 0 Å². The molecule has 0 aliphatic carbocycles. The number of halogens is 1. The number of methoxy groups -OCH3 is 1. The first-order chi connectivity index (χ1) is 10.2. The lowest BCUT2D eigenvalue weighted by atomic mass is 10.0. The van der Waals surface area contributed by atoms with E-state index in [0.717, 1.165) is 21.3 Å². The second kappa shape index (κ2) is 7.59. The lowest BCUT2D eigenvalue weighted by Gasteiger charge is -2.23. The van der Waals surface area contributed by atoms with Gasteiger partial charge < -0.3 is 15.2 Å². The molecule has 0 aliphatic heterocycles. The second-order valence-corrected chi connectivity index (χ2v) is 5.78. The molecule has 0 aliphatic rings. The summed E-state index contributed by atoms with van der Waals surface area (Å²) < 4.78 is 6.17. The van der Waals surface area contributed by atoms with Crippen molar-refractivity contribution in [2.24, 2.45) is 0 Å². The predicted molar refractivity (Wildman–Crippen MR) is 88.5 cm³/mol. The highest BCUT2D eigenvalue weighted by Crippen LogP contribution is 2.29. The summed E-state index contributed by atoms with van der Waals surface area (Å²) in [6, 6.07) is 16.0. The summed E-state index contributed by atoms with van der Waals surface area (Å²) >= 11 is 3.50. The maximum atomic E-state index is 9.62. The van der Waals surface area contributed by atoms with Crippen molar-refractivity contribution in [3.05, 3.63) is 64.1 Å². The zero-order chi connectivity index (χ0) is 15.2. The van der Waals surface area contributed by atoms with Gasteiger partial charge in [0, 0.05) is 6.04 Å². The van der Waals surface area contributed by atoms with E-state index < -0.39 is 0 Å². The molecule has 0 radical (unpaired) electrons. The molecule has 0 saturated carbocycles. The average molecular weight is 350 g/mol. The van der Waals surface area contributed by atoms with Gasteiger partial charge in [-0.25, -0.2) is 0 Å². The van der Waals surface area contributed by atoms with E-state index >= 15 is 0 Å². The Hall–Kier alpha value is -1.36. The van der Waals surface area contributed by atoms with E-state index in [2.05, 4.69) is 28.2 Å². The molecule has 2 aromatic carbocycles. The molecule has 0 heterocycles. The molecule has 0 spiro atoms. The summed E-state index contributed by atoms with van der Waals surface area (Å²) in [6.45, 7) is 2.14. The van der Waals surface area contributed by atoms with Gasteiger partial charge in [-0.3, -0.25) is 0 Å². The fourth-order valence-corrected chi connectivity index (χ4v) is 2.85. The minimum Gasteiger partial charge on any atom is -0.496 e. The van der Waals surface area contributed by atoms with Crippen molar-refractivity contribution in [1.82, 2.24) is 5.32 Å². The highest BCUT2D eigenvalue weighted by atomic mass is 79.9. The molecule has 4 heteroatoms. The number of rotatable bonds is 6. The summed E-state index contributed by atoms with van der Waals surface area (Å²) in [5.74, 6) is 0.813. The van der Waals surface area contributed by atoms with E-state index in [4.69, 9.17) is 4.74 Å². The Balaban J connectivity index is 2.12. The molecule has 1 unspecified atom stereocenters. The molecule has 2 atom stereocenters. The van der Waals surface area contributed by atoms with Crippen LogP contribution in [0.25, 0.3) is 0 Å². The highest BCUT2D eigenvalue weighted by molar-refractivity contribution is 9.10. The van der Waals surface area contributed by atoms with Crippen LogP contribution in [0.2, 0.25) is 0 Å². The summed E-state index contributed by atoms with van der Waals surface area (Å²) in [6.07, 6.45) is 0. The maximum Gasteiger partial charge on any atom is 0.133 e. The van der Waals surface area contributed by atoms with E-state index in [1.165, 1.54) is 0 Å². The Kier molecular flexibility index (Phi) is 5.79. The van der Waals surface area contributed by atoms with Gasteiger partial charge in [-0.05, 0) is 46.1 Å². The number of aliphatic hydroxyl groups is 1. The van der Waals surface area contributed by atoms with E-state index in [1.54, 1.807) is 7.11 Å². The Morgan fingerprint density at radius 1 is 1.14 bits per heavy atom. The lowest BCUT2D eigenvalue weighted by molar-refractivity contribution is 0.235. The predicted octanol–water partition coefficient (Wildman–Crippen LogP) is 3.84. The second-order valence-electron chi connectivity index (χ2n) is 4.93. The van der Waals surface area contributed by atoms with Crippen LogP contribution in [-0.4, -0.2) is 18.8 Å². The molecular formula is C17H20BrNO2. The fraction of sp³-hybridized carbons (Fsp3) is 0.294. The Labute approximate surface area is 134 Å². The first-order valence-electron chi connectivity index (χ1n) is 6.91. The summed E-state index contributed by atoms with van der Waals surface area (Å²) in [5, 5.41) is 13.1. The van der Waals surface area contributed by atoms with Crippen molar-refractivity contribution in [3.8, 4) is 5.75 Å². The topological polar surface area (TPSA) is 41.5 Å². The number of hydrogen-bond donors (Lipinski definition) is 2. The van der Waals surface area contributed by atoms with Gasteiger partial charge in [0.2, 0.25) is 0 Å². The third kappa shape index (κ3) is 4.06. The summed E-state index contributed by atoms with van der Waals surface area (Å²) in [7, 11) is 1.65. The number of nitrogens with one attached hydrogen (secondary N) is 1. The van der Waals surface area contributed by atoms with Crippen molar-refractivity contribution < 1.29 is 9.84 Å². The highest BCUT2D eigenvalue weighted by Gasteiger charge is 2.15. The monoisotopic (exact) mass is 349 g/mol. The first kappa shape index (κ1) is 16.0. The summed E-state index contributed by atoms with van der Waals surface area (Å²) in [4.78, 5) is 0. The Morgan fingerprint density at radius 3 is 2.43 bits per heavy atom. The van der Waals surface area contributed by atoms with Crippen molar-refractivity contribution in [2.45, 2.75) is 19.0 Å². The largest absolute Gasteiger partial charge is 0.496 e. The average Bonchev–Trinajstić information content (AvgIpc) is 2.53. The van der Waals surface area contributed by atoms with Gasteiger partial charge in [0.1, 0.15) is 5.75 Å². The molecule has 0 saturated heterocycles. The first-order valence-corrected chi connectivity index (χ1v) is 7.70. The van der Waals surface area contributed by atoms with Gasteiger partial charge in [-0.1, -0.05) is 36.4 Å². The van der Waals surface area contributed by atoms with Crippen molar-refractivity contribution in [3.63, 3.8) is 0 Å². The molecule has 0 aromatic heterocycles. The van der Waals surface area contributed by atoms with E-state index in [0.29, 0.717) is 0 Å². The quantitative estimate of drug-likeness (QED) is 0.832. The van der Waals surface area contributed by atoms with Crippen LogP contribution in [0.1, 0.15) is 30.1 Å². The molecule has 0 bridgehead atoms. The van der Waals surface area contributed by atoms with E-state index in [1.807, 2.05) is 48.5 Å². The number of ether oxygens (including phenoxy) is 1. The van der Waals surface area contributed by atoms with Crippen LogP contribution < -0.4 is 10.1 Å². The standard InChI is InChI=1S/C17H20BrNO2/c1-12(14-8-9-17(21-2)15(18)10-14)19-16(11-20)13-6-4-3-5-7-13/h3-10,12,16,19-20H,11H2,1-2H3/t12?,16-/m0/s1. The van der Waals surface area contributed by atoms with E-state index in [9.17, 15) is 5.11 Å². The van der Waals surface area contributed by atoms with Gasteiger partial charge in [-0.15, -0.1) is 0 Å². The van der Waals surface area contributed by atoms with Gasteiger partial charge >= 0.3 is 0 Å². The number of hydrogen-bond acceptors (Lipinski definition) is 3. The fourth-order valence-electron chi connectivity index (χ4n) is 2.29. The van der Waals surface area contributed by atoms with Crippen LogP contribution in [0, 0.1) is 0 Å². The third-order valence-corrected chi connectivity index (χ3v) is 4.13. The van der Waals surface area contributed by atoms with Crippen LogP contribution in [0.3, 0.4) is 0 Å². The van der Waals surface area contributed by atoms with Gasteiger partial charge in [0.15, 0.2) is 0 Å². The molecule has 3 nitrogen and oxygen atoms in total. The smallest absolute Gasteiger partial charge is 0.133 e. The maximum absolute atomic E-state index is 9.62. The van der Waals surface area contributed by atoms with Gasteiger partial charge in [-0.2, -0.15) is 0 Å². The van der Waals surface area contributed by atoms with Crippen LogP contribution in [0.4, 0.5) is 0 Å². The minimum absolute atomic E-state index is 0.0612. The summed E-state index contributed by atoms with van der Waals surface area (Å²) in [5.41, 5.74) is 2.22. The van der Waals surface area contributed by atoms with Crippen LogP contribution in [0.5, 0.6) is 5.75 Å². The van der Waals surface area contributed by atoms with Gasteiger partial charge in [0.25, 0.3) is 0 Å². The zero-order valence-corrected chi connectivity index (χ0v) is 13.8. The molecule has 21 heavy (non-hydrogen) atoms. The number of aliphatic hydroxyl groups excluding tert-OH is 1. The molecule has 0 amide bonds. The molecule has 2 N–H and O–H groups in total. The lowest BCUT2D eigenvalue weighted by Crippen LogP contribution is -2.27. The molecule has 2 rings (SSSR count). The Bertz CT molecular complexity index is 574. The van der Waals surface area contributed by atoms with Crippen molar-refractivity contribution in [2.75, 3.05) is 13.7 Å². The minimum atomic E-state index is -0.0814. The van der Waals surface area contributed by atoms with E-state index in [-0.39, 0.29) is 18.7 Å². The SMILES string of the molecule is COc1ccc(C(C)N[C@@H](CO)c2ccccc2)cc1Br. The number of benzene rings is 2. The van der Waals surface area contributed by atoms with Crippen molar-refractivity contribution >= 4 is 15.9 Å². The Morgan fingerprint density at radius 2 is 1.86 bits per heavy atom. The molecular weight excluding hydrogens is 330 g/mol. The molecule has 2 aromatic rings. The van der Waals surface area contributed by atoms with Crippen LogP contribution in [0.15, 0.2) is 53.0 Å². The molecule has 0 fully saturated rings. The third-order valence-electron chi connectivity index (χ3n) is 3.51. The van der Waals surface area contributed by atoms with Crippen LogP contribution >= 0.6 is 15.9 Å². The zero-order valence-electron chi connectivity index (χ0n) is 12.2.